The molecule has 0 saturated heterocycles. The maximum Gasteiger partial charge on any atom is 0.269 e. The number of nitrogens with one attached hydrogen (secondary N) is 3. The molecule has 148 valence electrons. The average molecular weight is 389 g/mol. The zero-order valence-electron chi connectivity index (χ0n) is 15.3. The summed E-state index contributed by atoms with van der Waals surface area (Å²) >= 11 is 0. The first-order valence-corrected chi connectivity index (χ1v) is 8.44. The zero-order valence-corrected chi connectivity index (χ0v) is 15.3. The number of carbonyl (C=O) groups excluding carboxylic acids is 2. The lowest BCUT2D eigenvalue weighted by atomic mass is 10.1. The molecule has 28 heavy (non-hydrogen) atoms. The monoisotopic (exact) mass is 389 g/mol. The van der Waals surface area contributed by atoms with Crippen molar-refractivity contribution in [3.8, 4) is 5.75 Å². The van der Waals surface area contributed by atoms with Gasteiger partial charge in [-0.05, 0) is 32.0 Å². The Labute approximate surface area is 159 Å². The third kappa shape index (κ3) is 3.78. The quantitative estimate of drug-likeness (QED) is 0.488. The number of fused-ring (bicyclic) bond motifs is 1. The van der Waals surface area contributed by atoms with Crippen molar-refractivity contribution in [3.05, 3.63) is 29.6 Å². The van der Waals surface area contributed by atoms with E-state index in [9.17, 15) is 14.0 Å². The van der Waals surface area contributed by atoms with Gasteiger partial charge in [-0.3, -0.25) is 9.59 Å². The number of ether oxygens (including phenoxy) is 1. The molecule has 0 unspecified atom stereocenters. The van der Waals surface area contributed by atoms with E-state index in [1.807, 2.05) is 0 Å². The molecule has 0 saturated carbocycles. The molecule has 0 aliphatic carbocycles. The third-order valence-electron chi connectivity index (χ3n) is 3.93. The van der Waals surface area contributed by atoms with Gasteiger partial charge in [0.2, 0.25) is 0 Å². The van der Waals surface area contributed by atoms with E-state index in [0.29, 0.717) is 5.75 Å². The minimum atomic E-state index is -1.02. The number of halogens is 1. The van der Waals surface area contributed by atoms with Crippen molar-refractivity contribution >= 4 is 35.1 Å². The topological polar surface area (TPSA) is 157 Å². The summed E-state index contributed by atoms with van der Waals surface area (Å²) in [5, 5.41) is 8.18. The van der Waals surface area contributed by atoms with E-state index in [1.165, 1.54) is 0 Å². The van der Waals surface area contributed by atoms with Crippen LogP contribution in [-0.2, 0) is 4.79 Å². The summed E-state index contributed by atoms with van der Waals surface area (Å²) in [5.41, 5.74) is 9.55. The van der Waals surface area contributed by atoms with Crippen LogP contribution in [0.4, 0.5) is 27.7 Å². The minimum absolute atomic E-state index is 0.00394. The lowest BCUT2D eigenvalue weighted by Crippen LogP contribution is -2.46. The average Bonchev–Trinajstić information content (AvgIpc) is 2.62. The lowest BCUT2D eigenvalue weighted by Gasteiger charge is -2.30. The van der Waals surface area contributed by atoms with Crippen LogP contribution in [-0.4, -0.2) is 40.5 Å². The van der Waals surface area contributed by atoms with Gasteiger partial charge in [0.05, 0.1) is 5.56 Å². The van der Waals surface area contributed by atoms with Crippen LogP contribution in [0.3, 0.4) is 0 Å². The number of amides is 2. The van der Waals surface area contributed by atoms with Crippen molar-refractivity contribution < 1.29 is 18.7 Å². The molecule has 1 aliphatic rings. The molecule has 3 heterocycles. The molecule has 0 atom stereocenters. The van der Waals surface area contributed by atoms with Crippen molar-refractivity contribution in [2.75, 3.05) is 29.0 Å². The Bertz CT molecular complexity index is 949. The number of primary amides is 1. The summed E-state index contributed by atoms with van der Waals surface area (Å²) in [4.78, 5) is 32.0. The summed E-state index contributed by atoms with van der Waals surface area (Å²) in [6.07, 6.45) is 0. The fourth-order valence-corrected chi connectivity index (χ4v) is 2.48. The Hall–Kier alpha value is -3.47. The highest BCUT2D eigenvalue weighted by molar-refractivity contribution is 6.00. The number of nitrogens with two attached hydrogens (primary N) is 2. The second-order valence-electron chi connectivity index (χ2n) is 6.53. The third-order valence-corrected chi connectivity index (χ3v) is 3.93. The number of hydrogen-bond donors (Lipinski definition) is 5. The van der Waals surface area contributed by atoms with Gasteiger partial charge in [0.15, 0.2) is 28.8 Å². The fourth-order valence-electron chi connectivity index (χ4n) is 2.48. The number of aromatic nitrogens is 2. The first-order chi connectivity index (χ1) is 13.2. The van der Waals surface area contributed by atoms with Crippen molar-refractivity contribution in [3.63, 3.8) is 0 Å². The van der Waals surface area contributed by atoms with Gasteiger partial charge < -0.3 is 32.2 Å². The van der Waals surface area contributed by atoms with E-state index >= 15 is 0 Å². The number of rotatable bonds is 6. The predicted molar refractivity (Wildman–Crippen MR) is 101 cm³/mol. The van der Waals surface area contributed by atoms with Gasteiger partial charge in [0.25, 0.3) is 11.8 Å². The van der Waals surface area contributed by atoms with E-state index in [0.717, 1.165) is 6.07 Å². The van der Waals surface area contributed by atoms with Gasteiger partial charge in [-0.2, -0.15) is 0 Å². The van der Waals surface area contributed by atoms with Crippen molar-refractivity contribution in [1.82, 2.24) is 9.97 Å². The lowest BCUT2D eigenvalue weighted by molar-refractivity contribution is -0.129. The Morgan fingerprint density at radius 1 is 1.32 bits per heavy atom. The molecule has 0 fully saturated rings. The summed E-state index contributed by atoms with van der Waals surface area (Å²) < 4.78 is 19.7. The molecule has 2 aromatic rings. The number of carbonyl (C=O) groups is 2. The molecule has 0 aromatic carbocycles. The number of hydrogen-bond acceptors (Lipinski definition) is 8. The van der Waals surface area contributed by atoms with E-state index in [1.54, 1.807) is 26.0 Å². The van der Waals surface area contributed by atoms with Crippen molar-refractivity contribution in [2.45, 2.75) is 19.4 Å². The fraction of sp³-hybridized carbons (Fsp3) is 0.294. The first kappa shape index (κ1) is 19.3. The Morgan fingerprint density at radius 2 is 2.07 bits per heavy atom. The maximum atomic E-state index is 14.1. The van der Waals surface area contributed by atoms with Crippen LogP contribution in [0.2, 0.25) is 0 Å². The second kappa shape index (κ2) is 7.27. The SMILES string of the molecule is CC1(C)Oc2ccc(Nc3nc(NCCN)c(F)cc3C(N)=O)nc2NC1=O. The normalized spacial score (nSPS) is 14.5. The Kier molecular flexibility index (Phi) is 5.01. The van der Waals surface area contributed by atoms with Crippen molar-refractivity contribution in [1.29, 1.82) is 0 Å². The number of nitrogens with zero attached hydrogens (tertiary/aromatic N) is 2. The van der Waals surface area contributed by atoms with E-state index in [4.69, 9.17) is 16.2 Å². The van der Waals surface area contributed by atoms with Gasteiger partial charge in [0, 0.05) is 13.1 Å². The first-order valence-electron chi connectivity index (χ1n) is 8.44. The van der Waals surface area contributed by atoms with Gasteiger partial charge >= 0.3 is 0 Å². The summed E-state index contributed by atoms with van der Waals surface area (Å²) in [5.74, 6) is -1.20. The number of anilines is 4. The van der Waals surface area contributed by atoms with Crippen LogP contribution in [0.5, 0.6) is 5.75 Å². The molecule has 0 radical (unpaired) electrons. The molecule has 7 N–H and O–H groups in total. The highest BCUT2D eigenvalue weighted by Gasteiger charge is 2.36. The van der Waals surface area contributed by atoms with Crippen LogP contribution < -0.4 is 32.2 Å². The van der Waals surface area contributed by atoms with E-state index in [2.05, 4.69) is 25.9 Å². The molecular weight excluding hydrogens is 369 g/mol. The molecule has 3 rings (SSSR count). The van der Waals surface area contributed by atoms with Gasteiger partial charge in [-0.1, -0.05) is 0 Å². The van der Waals surface area contributed by atoms with Crippen molar-refractivity contribution in [2.24, 2.45) is 11.5 Å². The summed E-state index contributed by atoms with van der Waals surface area (Å²) in [6.45, 7) is 3.82. The predicted octanol–water partition coefficient (Wildman–Crippen LogP) is 0.938. The van der Waals surface area contributed by atoms with E-state index < -0.39 is 17.3 Å². The van der Waals surface area contributed by atoms with Gasteiger partial charge in [0.1, 0.15) is 11.6 Å². The second-order valence-corrected chi connectivity index (χ2v) is 6.53. The zero-order chi connectivity index (χ0) is 20.5. The molecule has 0 bridgehead atoms. The molecule has 0 spiro atoms. The number of pyridine rings is 2. The van der Waals surface area contributed by atoms with Crippen LogP contribution in [0.25, 0.3) is 0 Å². The summed E-state index contributed by atoms with van der Waals surface area (Å²) in [7, 11) is 0. The molecule has 11 heteroatoms. The van der Waals surface area contributed by atoms with Crippen LogP contribution in [0.15, 0.2) is 18.2 Å². The Balaban J connectivity index is 1.94. The largest absolute Gasteiger partial charge is 0.474 e. The molecule has 2 aromatic heterocycles. The van der Waals surface area contributed by atoms with Gasteiger partial charge in [-0.25, -0.2) is 14.4 Å². The molecule has 10 nitrogen and oxygen atoms in total. The smallest absolute Gasteiger partial charge is 0.269 e. The molecule has 1 aliphatic heterocycles. The van der Waals surface area contributed by atoms with E-state index in [-0.39, 0.29) is 47.8 Å². The van der Waals surface area contributed by atoms with Crippen LogP contribution in [0, 0.1) is 5.82 Å². The standard InChI is InChI=1S/C17H20FN7O3/c1-17(2)16(27)25-15-10(28-17)3-4-11(23-15)22-13-8(12(20)26)7-9(18)14(24-13)21-6-5-19/h3-4,7H,5-6,19H2,1-2H3,(H2,20,26)(H3,21,22,23,24,25,27). The molecule has 2 amide bonds. The molecular formula is C17H20FN7O3. The Morgan fingerprint density at radius 3 is 2.75 bits per heavy atom. The maximum absolute atomic E-state index is 14.1. The minimum Gasteiger partial charge on any atom is -0.474 e. The highest BCUT2D eigenvalue weighted by atomic mass is 19.1. The summed E-state index contributed by atoms with van der Waals surface area (Å²) in [6, 6.07) is 4.14. The van der Waals surface area contributed by atoms with Crippen LogP contribution >= 0.6 is 0 Å². The van der Waals surface area contributed by atoms with Crippen LogP contribution in [0.1, 0.15) is 24.2 Å². The van der Waals surface area contributed by atoms with Gasteiger partial charge in [-0.15, -0.1) is 0 Å². The highest BCUT2D eigenvalue weighted by Crippen LogP contribution is 2.33.